The van der Waals surface area contributed by atoms with Gasteiger partial charge in [0.15, 0.2) is 0 Å². The average Bonchev–Trinajstić information content (AvgIpc) is 3.31. The molecule has 0 spiro atoms. The molecule has 152 valence electrons. The van der Waals surface area contributed by atoms with E-state index < -0.39 is 6.10 Å². The summed E-state index contributed by atoms with van der Waals surface area (Å²) < 4.78 is 8.07. The van der Waals surface area contributed by atoms with Gasteiger partial charge in [0, 0.05) is 55.2 Å². The molecule has 0 amide bonds. The molecule has 1 N–H and O–H groups in total. The minimum Gasteiger partial charge on any atom is -0.487 e. The van der Waals surface area contributed by atoms with Crippen LogP contribution in [-0.2, 0) is 6.54 Å². The second-order valence-electron chi connectivity index (χ2n) is 7.72. The Balaban J connectivity index is 1.21. The van der Waals surface area contributed by atoms with Gasteiger partial charge in [0.2, 0.25) is 0 Å². The van der Waals surface area contributed by atoms with E-state index in [9.17, 15) is 5.11 Å². The maximum absolute atomic E-state index is 10.7. The van der Waals surface area contributed by atoms with Gasteiger partial charge in [0.05, 0.1) is 5.69 Å². The number of benzene rings is 2. The fourth-order valence-corrected chi connectivity index (χ4v) is 4.05. The van der Waals surface area contributed by atoms with Gasteiger partial charge < -0.3 is 9.84 Å². The summed E-state index contributed by atoms with van der Waals surface area (Å²) in [6, 6.07) is 18.2. The number of rotatable bonds is 5. The first-order chi connectivity index (χ1) is 14.8. The number of hydrogen-bond acceptors (Lipinski definition) is 5. The first-order valence-corrected chi connectivity index (χ1v) is 10.2. The molecule has 30 heavy (non-hydrogen) atoms. The molecule has 0 bridgehead atoms. The molecule has 6 heteroatoms. The molecule has 1 fully saturated rings. The Morgan fingerprint density at radius 1 is 1.03 bits per heavy atom. The Morgan fingerprint density at radius 2 is 1.93 bits per heavy atom. The van der Waals surface area contributed by atoms with Gasteiger partial charge >= 0.3 is 0 Å². The fourth-order valence-electron chi connectivity index (χ4n) is 4.05. The lowest BCUT2D eigenvalue weighted by Crippen LogP contribution is -2.48. The van der Waals surface area contributed by atoms with Gasteiger partial charge in [0.25, 0.3) is 0 Å². The summed E-state index contributed by atoms with van der Waals surface area (Å²) in [5, 5.41) is 17.1. The first kappa shape index (κ1) is 18.8. The number of fused-ring (bicyclic) bond motifs is 1. The van der Waals surface area contributed by atoms with E-state index in [0.717, 1.165) is 41.7 Å². The Bertz CT molecular complexity index is 1110. The van der Waals surface area contributed by atoms with Crippen LogP contribution in [0, 0.1) is 0 Å². The molecule has 6 nitrogen and oxygen atoms in total. The van der Waals surface area contributed by atoms with Crippen LogP contribution in [0.2, 0.25) is 0 Å². The van der Waals surface area contributed by atoms with Crippen molar-refractivity contribution in [3.63, 3.8) is 0 Å². The van der Waals surface area contributed by atoms with Crippen LogP contribution in [0.25, 0.3) is 16.5 Å². The number of aliphatic hydroxyl groups is 1. The SMILES string of the molecule is O[C@@H]1CN(Cc2ccc(-n3cccn3)cc2)CC[C@H]1Oc1cccc2cnccc12. The lowest BCUT2D eigenvalue weighted by atomic mass is 10.0. The standard InChI is InChI=1S/C24H24N4O2/c29-22-17-27(16-18-5-7-20(8-6-18)28-13-2-11-26-28)14-10-24(22)30-23-4-1-3-19-15-25-12-9-21(19)23/h1-9,11-13,15,22,24,29H,10,14,16-17H2/t22-,24-/m1/s1. The van der Waals surface area contributed by atoms with Gasteiger partial charge in [0.1, 0.15) is 18.0 Å². The van der Waals surface area contributed by atoms with Gasteiger partial charge in [-0.3, -0.25) is 9.88 Å². The third kappa shape index (κ3) is 3.92. The molecule has 1 saturated heterocycles. The molecule has 3 heterocycles. The number of β-amino-alcohol motifs (C(OH)–C–C–N with tert-alkyl or cyclic N) is 1. The van der Waals surface area contributed by atoms with Crippen molar-refractivity contribution >= 4 is 10.8 Å². The normalized spacial score (nSPS) is 19.8. The maximum atomic E-state index is 10.7. The van der Waals surface area contributed by atoms with Gasteiger partial charge in [-0.1, -0.05) is 24.3 Å². The van der Waals surface area contributed by atoms with E-state index in [4.69, 9.17) is 4.74 Å². The predicted octanol–water partition coefficient (Wildman–Crippen LogP) is 3.43. The summed E-state index contributed by atoms with van der Waals surface area (Å²) in [5.74, 6) is 0.807. The summed E-state index contributed by atoms with van der Waals surface area (Å²) >= 11 is 0. The van der Waals surface area contributed by atoms with Gasteiger partial charge in [-0.2, -0.15) is 5.10 Å². The Hall–Kier alpha value is -3.22. The van der Waals surface area contributed by atoms with Crippen LogP contribution in [0.15, 0.2) is 79.4 Å². The first-order valence-electron chi connectivity index (χ1n) is 10.2. The number of pyridine rings is 1. The van der Waals surface area contributed by atoms with Crippen LogP contribution < -0.4 is 4.74 Å². The van der Waals surface area contributed by atoms with E-state index in [1.807, 2.05) is 47.4 Å². The van der Waals surface area contributed by atoms with Crippen molar-refractivity contribution in [1.82, 2.24) is 19.7 Å². The molecule has 0 unspecified atom stereocenters. The van der Waals surface area contributed by atoms with Gasteiger partial charge in [-0.25, -0.2) is 4.68 Å². The van der Waals surface area contributed by atoms with Crippen molar-refractivity contribution in [3.05, 3.63) is 84.9 Å². The predicted molar refractivity (Wildman–Crippen MR) is 116 cm³/mol. The zero-order chi connectivity index (χ0) is 20.3. The van der Waals surface area contributed by atoms with Crippen molar-refractivity contribution in [1.29, 1.82) is 0 Å². The molecule has 2 aromatic heterocycles. The van der Waals surface area contributed by atoms with Crippen molar-refractivity contribution < 1.29 is 9.84 Å². The second kappa shape index (κ2) is 8.26. The van der Waals surface area contributed by atoms with Crippen LogP contribution in [0.3, 0.4) is 0 Å². The maximum Gasteiger partial charge on any atom is 0.127 e. The summed E-state index contributed by atoms with van der Waals surface area (Å²) in [7, 11) is 0. The Kier molecular flexibility index (Phi) is 5.17. The minimum atomic E-state index is -0.529. The zero-order valence-corrected chi connectivity index (χ0v) is 16.6. The van der Waals surface area contributed by atoms with Crippen LogP contribution in [-0.4, -0.2) is 50.1 Å². The Labute approximate surface area is 175 Å². The van der Waals surface area contributed by atoms with Gasteiger partial charge in [-0.05, 0) is 42.3 Å². The van der Waals surface area contributed by atoms with Crippen molar-refractivity contribution in [2.75, 3.05) is 13.1 Å². The number of ether oxygens (including phenoxy) is 1. The monoisotopic (exact) mass is 400 g/mol. The summed E-state index contributed by atoms with van der Waals surface area (Å²) in [6.45, 7) is 2.29. The second-order valence-corrected chi connectivity index (χ2v) is 7.72. The molecule has 2 atom stereocenters. The molecule has 0 radical (unpaired) electrons. The van der Waals surface area contributed by atoms with Crippen molar-refractivity contribution in [3.8, 4) is 11.4 Å². The molecule has 0 aliphatic carbocycles. The van der Waals surface area contributed by atoms with Crippen LogP contribution in [0.5, 0.6) is 5.75 Å². The lowest BCUT2D eigenvalue weighted by molar-refractivity contribution is -0.0268. The quantitative estimate of drug-likeness (QED) is 0.556. The smallest absolute Gasteiger partial charge is 0.127 e. The summed E-state index contributed by atoms with van der Waals surface area (Å²) in [4.78, 5) is 6.45. The van der Waals surface area contributed by atoms with E-state index >= 15 is 0 Å². The van der Waals surface area contributed by atoms with Gasteiger partial charge in [-0.15, -0.1) is 0 Å². The molecular formula is C24H24N4O2. The van der Waals surface area contributed by atoms with Crippen molar-refractivity contribution in [2.45, 2.75) is 25.2 Å². The molecule has 2 aromatic carbocycles. The van der Waals surface area contributed by atoms with Crippen LogP contribution >= 0.6 is 0 Å². The van der Waals surface area contributed by atoms with E-state index in [1.54, 1.807) is 12.4 Å². The summed E-state index contributed by atoms with van der Waals surface area (Å²) in [5.41, 5.74) is 2.26. The van der Waals surface area contributed by atoms with Crippen LogP contribution in [0.4, 0.5) is 0 Å². The molecule has 1 aliphatic heterocycles. The minimum absolute atomic E-state index is 0.206. The van der Waals surface area contributed by atoms with E-state index in [0.29, 0.717) is 6.54 Å². The van der Waals surface area contributed by atoms with E-state index in [1.165, 1.54) is 5.56 Å². The number of aromatic nitrogens is 3. The van der Waals surface area contributed by atoms with Crippen molar-refractivity contribution in [2.24, 2.45) is 0 Å². The lowest BCUT2D eigenvalue weighted by Gasteiger charge is -2.36. The highest BCUT2D eigenvalue weighted by molar-refractivity contribution is 5.87. The fraction of sp³-hybridized carbons (Fsp3) is 0.250. The molecule has 4 aromatic rings. The van der Waals surface area contributed by atoms with E-state index in [2.05, 4.69) is 39.2 Å². The average molecular weight is 400 g/mol. The zero-order valence-electron chi connectivity index (χ0n) is 16.6. The van der Waals surface area contributed by atoms with Crippen LogP contribution in [0.1, 0.15) is 12.0 Å². The third-order valence-corrected chi connectivity index (χ3v) is 5.63. The largest absolute Gasteiger partial charge is 0.487 e. The number of nitrogens with zero attached hydrogens (tertiary/aromatic N) is 4. The summed E-state index contributed by atoms with van der Waals surface area (Å²) in [6.07, 6.45) is 7.36. The Morgan fingerprint density at radius 3 is 2.73 bits per heavy atom. The molecular weight excluding hydrogens is 376 g/mol. The number of aliphatic hydroxyl groups excluding tert-OH is 1. The highest BCUT2D eigenvalue weighted by atomic mass is 16.5. The highest BCUT2D eigenvalue weighted by Crippen LogP contribution is 2.28. The third-order valence-electron chi connectivity index (χ3n) is 5.63. The number of likely N-dealkylation sites (tertiary alicyclic amines) is 1. The molecule has 5 rings (SSSR count). The number of hydrogen-bond donors (Lipinski definition) is 1. The molecule has 0 saturated carbocycles. The highest BCUT2D eigenvalue weighted by Gasteiger charge is 2.29. The number of piperidine rings is 1. The molecule has 1 aliphatic rings. The topological polar surface area (TPSA) is 63.4 Å². The van der Waals surface area contributed by atoms with E-state index in [-0.39, 0.29) is 6.10 Å².